The summed E-state index contributed by atoms with van der Waals surface area (Å²) in [6.45, 7) is 1.92. The zero-order valence-corrected chi connectivity index (χ0v) is 17.4. The van der Waals surface area contributed by atoms with E-state index >= 15 is 0 Å². The van der Waals surface area contributed by atoms with Crippen molar-refractivity contribution in [2.75, 3.05) is 0 Å². The summed E-state index contributed by atoms with van der Waals surface area (Å²) in [4.78, 5) is 30.4. The summed E-state index contributed by atoms with van der Waals surface area (Å²) < 4.78 is 0. The van der Waals surface area contributed by atoms with Crippen LogP contribution in [0.15, 0.2) is 77.8 Å². The topological polar surface area (TPSA) is 121 Å². The first kappa shape index (κ1) is 20.9. The van der Waals surface area contributed by atoms with Crippen LogP contribution in [-0.4, -0.2) is 27.6 Å². The zero-order chi connectivity index (χ0) is 22.7. The Morgan fingerprint density at radius 2 is 1.72 bits per heavy atom. The van der Waals surface area contributed by atoms with Crippen LogP contribution < -0.4 is 11.1 Å². The van der Waals surface area contributed by atoms with Crippen LogP contribution >= 0.6 is 0 Å². The van der Waals surface area contributed by atoms with Gasteiger partial charge in [0.1, 0.15) is 0 Å². The van der Waals surface area contributed by atoms with Gasteiger partial charge in [-0.1, -0.05) is 48.5 Å². The average molecular weight is 426 g/mol. The summed E-state index contributed by atoms with van der Waals surface area (Å²) in [5.74, 6) is -0.682. The second-order valence-corrected chi connectivity index (χ2v) is 7.38. The van der Waals surface area contributed by atoms with E-state index in [-0.39, 0.29) is 11.8 Å². The van der Waals surface area contributed by atoms with Gasteiger partial charge < -0.3 is 21.1 Å². The van der Waals surface area contributed by atoms with E-state index in [2.05, 4.69) is 10.3 Å². The Labute approximate surface area is 184 Å². The van der Waals surface area contributed by atoms with E-state index in [1.807, 2.05) is 54.6 Å². The first-order valence-electron chi connectivity index (χ1n) is 10.0. The van der Waals surface area contributed by atoms with E-state index in [0.29, 0.717) is 34.6 Å². The molecule has 0 aliphatic rings. The molecule has 0 fully saturated rings. The van der Waals surface area contributed by atoms with E-state index in [1.54, 1.807) is 18.2 Å². The van der Waals surface area contributed by atoms with Crippen molar-refractivity contribution < 1.29 is 14.7 Å². The van der Waals surface area contributed by atoms with Crippen LogP contribution in [0.5, 0.6) is 5.88 Å². The molecule has 4 rings (SSSR count). The number of nitrogens with one attached hydrogen (secondary N) is 2. The summed E-state index contributed by atoms with van der Waals surface area (Å²) in [5, 5.41) is 14.2. The molecule has 160 valence electrons. The summed E-state index contributed by atoms with van der Waals surface area (Å²) >= 11 is 0. The second-order valence-electron chi connectivity index (χ2n) is 7.38. The fourth-order valence-corrected chi connectivity index (χ4v) is 3.48. The SMILES string of the molecule is CC(=O)NCc1ccc(N=C(c2ccccc2)c2c(O)[nH]c3cc(C(N)=O)ccc23)cc1. The van der Waals surface area contributed by atoms with E-state index in [9.17, 15) is 14.7 Å². The quantitative estimate of drug-likeness (QED) is 0.351. The third-order valence-corrected chi connectivity index (χ3v) is 5.07. The van der Waals surface area contributed by atoms with Crippen LogP contribution in [0.3, 0.4) is 0 Å². The Hall–Kier alpha value is -4.39. The molecule has 3 aromatic carbocycles. The highest BCUT2D eigenvalue weighted by atomic mass is 16.3. The molecule has 0 bridgehead atoms. The molecule has 2 amide bonds. The molecule has 0 saturated carbocycles. The van der Waals surface area contributed by atoms with Crippen molar-refractivity contribution in [3.8, 4) is 5.88 Å². The van der Waals surface area contributed by atoms with Crippen molar-refractivity contribution in [3.05, 3.63) is 95.1 Å². The minimum absolute atomic E-state index is 0.0495. The molecule has 0 aliphatic carbocycles. The number of aromatic amines is 1. The minimum Gasteiger partial charge on any atom is -0.494 e. The monoisotopic (exact) mass is 426 g/mol. The number of aromatic hydroxyl groups is 1. The lowest BCUT2D eigenvalue weighted by molar-refractivity contribution is -0.119. The fraction of sp³-hybridized carbons (Fsp3) is 0.0800. The number of nitrogens with two attached hydrogens (primary N) is 1. The molecule has 0 saturated heterocycles. The molecule has 0 radical (unpaired) electrons. The first-order valence-corrected chi connectivity index (χ1v) is 10.0. The van der Waals surface area contributed by atoms with Gasteiger partial charge in [0, 0.05) is 35.5 Å². The molecule has 5 N–H and O–H groups in total. The molecule has 7 heteroatoms. The number of fused-ring (bicyclic) bond motifs is 1. The van der Waals surface area contributed by atoms with Crippen LogP contribution in [0, 0.1) is 0 Å². The molecule has 1 aromatic heterocycles. The van der Waals surface area contributed by atoms with Crippen molar-refractivity contribution >= 4 is 34.1 Å². The fourth-order valence-electron chi connectivity index (χ4n) is 3.48. The summed E-state index contributed by atoms with van der Waals surface area (Å²) in [7, 11) is 0. The van der Waals surface area contributed by atoms with Crippen molar-refractivity contribution in [3.63, 3.8) is 0 Å². The lowest BCUT2D eigenvalue weighted by Crippen LogP contribution is -2.18. The predicted octanol–water partition coefficient (Wildman–Crippen LogP) is 3.78. The number of nitrogens with zero attached hydrogens (tertiary/aromatic N) is 1. The van der Waals surface area contributed by atoms with Gasteiger partial charge in [0.15, 0.2) is 5.88 Å². The number of rotatable bonds is 6. The van der Waals surface area contributed by atoms with E-state index in [1.165, 1.54) is 6.92 Å². The Balaban J connectivity index is 1.82. The lowest BCUT2D eigenvalue weighted by atomic mass is 10.00. The van der Waals surface area contributed by atoms with Crippen molar-refractivity contribution in [2.24, 2.45) is 10.7 Å². The highest BCUT2D eigenvalue weighted by Gasteiger charge is 2.19. The van der Waals surface area contributed by atoms with E-state index < -0.39 is 5.91 Å². The summed E-state index contributed by atoms with van der Waals surface area (Å²) in [6, 6.07) is 22.0. The Morgan fingerprint density at radius 1 is 1.00 bits per heavy atom. The van der Waals surface area contributed by atoms with Gasteiger partial charge in [-0.2, -0.15) is 0 Å². The number of benzene rings is 3. The van der Waals surface area contributed by atoms with Crippen molar-refractivity contribution in [1.82, 2.24) is 10.3 Å². The third kappa shape index (κ3) is 4.37. The van der Waals surface area contributed by atoms with Crippen LogP contribution in [0.2, 0.25) is 0 Å². The molecule has 1 heterocycles. The van der Waals surface area contributed by atoms with Crippen molar-refractivity contribution in [1.29, 1.82) is 0 Å². The highest BCUT2D eigenvalue weighted by Crippen LogP contribution is 2.32. The molecule has 32 heavy (non-hydrogen) atoms. The highest BCUT2D eigenvalue weighted by molar-refractivity contribution is 6.22. The Morgan fingerprint density at radius 3 is 2.38 bits per heavy atom. The third-order valence-electron chi connectivity index (χ3n) is 5.07. The predicted molar refractivity (Wildman–Crippen MR) is 124 cm³/mol. The molecule has 7 nitrogen and oxygen atoms in total. The molecular weight excluding hydrogens is 404 g/mol. The molecule has 0 aliphatic heterocycles. The number of H-pyrrole nitrogens is 1. The number of carbonyl (C=O) groups excluding carboxylic acids is 2. The van der Waals surface area contributed by atoms with E-state index in [4.69, 9.17) is 10.7 Å². The maximum atomic E-state index is 11.5. The van der Waals surface area contributed by atoms with Crippen LogP contribution in [0.25, 0.3) is 10.9 Å². The largest absolute Gasteiger partial charge is 0.494 e. The zero-order valence-electron chi connectivity index (χ0n) is 17.4. The number of primary amides is 1. The van der Waals surface area contributed by atoms with Crippen LogP contribution in [0.4, 0.5) is 5.69 Å². The number of carbonyl (C=O) groups is 2. The second kappa shape index (κ2) is 8.77. The minimum atomic E-state index is -0.543. The maximum absolute atomic E-state index is 11.5. The molecule has 4 aromatic rings. The number of hydrogen-bond acceptors (Lipinski definition) is 4. The molecule has 0 unspecified atom stereocenters. The Kier molecular flexibility index (Phi) is 5.72. The van der Waals surface area contributed by atoms with Gasteiger partial charge in [0.25, 0.3) is 0 Å². The number of amides is 2. The standard InChI is InChI=1S/C25H22N4O3/c1-15(30)27-14-16-7-10-19(11-8-16)28-23(17-5-3-2-4-6-17)22-20-12-9-18(24(26)31)13-21(20)29-25(22)32/h2-13,29,32H,14H2,1H3,(H2,26,31)(H,27,30). The maximum Gasteiger partial charge on any atom is 0.248 e. The summed E-state index contributed by atoms with van der Waals surface area (Å²) in [6.07, 6.45) is 0. The normalized spacial score (nSPS) is 11.5. The van der Waals surface area contributed by atoms with E-state index in [0.717, 1.165) is 16.5 Å². The summed E-state index contributed by atoms with van der Waals surface area (Å²) in [5.41, 5.74) is 9.90. The van der Waals surface area contributed by atoms with Crippen LogP contribution in [-0.2, 0) is 11.3 Å². The molecule has 0 atom stereocenters. The van der Waals surface area contributed by atoms with Gasteiger partial charge in [-0.25, -0.2) is 4.99 Å². The van der Waals surface area contributed by atoms with Crippen LogP contribution in [0.1, 0.15) is 34.0 Å². The average Bonchev–Trinajstić information content (AvgIpc) is 3.12. The Bertz CT molecular complexity index is 1320. The van der Waals surface area contributed by atoms with Gasteiger partial charge in [0.2, 0.25) is 11.8 Å². The number of aliphatic imine (C=N–C) groups is 1. The smallest absolute Gasteiger partial charge is 0.248 e. The molecular formula is C25H22N4O3. The van der Waals surface area contributed by atoms with Crippen molar-refractivity contribution in [2.45, 2.75) is 13.5 Å². The lowest BCUT2D eigenvalue weighted by Gasteiger charge is -2.09. The first-order chi connectivity index (χ1) is 15.4. The van der Waals surface area contributed by atoms with Gasteiger partial charge >= 0.3 is 0 Å². The van der Waals surface area contributed by atoms with Gasteiger partial charge in [-0.3, -0.25) is 9.59 Å². The van der Waals surface area contributed by atoms with Gasteiger partial charge in [-0.15, -0.1) is 0 Å². The van der Waals surface area contributed by atoms with Gasteiger partial charge in [0.05, 0.1) is 17.0 Å². The number of hydrogen-bond donors (Lipinski definition) is 4. The van der Waals surface area contributed by atoms with Gasteiger partial charge in [-0.05, 0) is 29.8 Å². The number of aromatic nitrogens is 1. The molecule has 0 spiro atoms.